The number of amides is 3. The first kappa shape index (κ1) is 30.3. The van der Waals surface area contributed by atoms with E-state index in [9.17, 15) is 34.2 Å². The lowest BCUT2D eigenvalue weighted by Crippen LogP contribution is -2.59. The molecule has 13 heteroatoms. The maximum Gasteiger partial charge on any atom is 0.326 e. The van der Waals surface area contributed by atoms with Gasteiger partial charge < -0.3 is 42.0 Å². The van der Waals surface area contributed by atoms with Crippen LogP contribution in [0.4, 0.5) is 0 Å². The predicted octanol–water partition coefficient (Wildman–Crippen LogP) is -0.520. The first-order valence-corrected chi connectivity index (χ1v) is 12.3. The van der Waals surface area contributed by atoms with E-state index in [0.29, 0.717) is 12.0 Å². The summed E-state index contributed by atoms with van der Waals surface area (Å²) in [6, 6.07) is 2.21. The number of aromatic nitrogens is 1. The number of fused-ring (bicyclic) bond motifs is 1. The smallest absolute Gasteiger partial charge is 0.326 e. The average Bonchev–Trinajstić information content (AvgIpc) is 3.30. The van der Waals surface area contributed by atoms with Crippen molar-refractivity contribution in [3.05, 3.63) is 36.0 Å². The number of carbonyl (C=O) groups excluding carboxylic acids is 3. The molecule has 1 aromatic carbocycles. The molecule has 5 atom stereocenters. The SMILES string of the molecule is CCC(C)C(NC(=O)C(CO)NC(=O)C(N)CCC(=O)O)C(=O)NC(Cc1c[nH]c2ccccc12)C(=O)O. The number of aliphatic hydroxyl groups is 1. The molecule has 0 aliphatic heterocycles. The van der Waals surface area contributed by atoms with Crippen LogP contribution in [0, 0.1) is 5.92 Å². The summed E-state index contributed by atoms with van der Waals surface area (Å²) in [5, 5.41) is 36.2. The lowest BCUT2D eigenvalue weighted by Gasteiger charge is -2.27. The van der Waals surface area contributed by atoms with E-state index in [4.69, 9.17) is 10.8 Å². The molecule has 0 bridgehead atoms. The van der Waals surface area contributed by atoms with Gasteiger partial charge in [-0.1, -0.05) is 38.5 Å². The molecule has 1 aromatic heterocycles. The Morgan fingerprint density at radius 3 is 2.24 bits per heavy atom. The molecule has 5 unspecified atom stereocenters. The Kier molecular flexibility index (Phi) is 11.2. The van der Waals surface area contributed by atoms with Gasteiger partial charge in [-0.3, -0.25) is 19.2 Å². The van der Waals surface area contributed by atoms with Gasteiger partial charge in [0.2, 0.25) is 17.7 Å². The minimum Gasteiger partial charge on any atom is -0.481 e. The summed E-state index contributed by atoms with van der Waals surface area (Å²) >= 11 is 0. The first-order chi connectivity index (χ1) is 18.0. The first-order valence-electron chi connectivity index (χ1n) is 12.3. The highest BCUT2D eigenvalue weighted by atomic mass is 16.4. The Bertz CT molecular complexity index is 1150. The normalized spacial score (nSPS) is 15.1. The minimum absolute atomic E-state index is 0.00415. The van der Waals surface area contributed by atoms with Crippen molar-refractivity contribution in [2.45, 2.75) is 63.7 Å². The van der Waals surface area contributed by atoms with Crippen LogP contribution in [0.25, 0.3) is 10.9 Å². The quantitative estimate of drug-likeness (QED) is 0.147. The second-order valence-electron chi connectivity index (χ2n) is 9.12. The summed E-state index contributed by atoms with van der Waals surface area (Å²) < 4.78 is 0. The Balaban J connectivity index is 2.11. The number of nitrogens with one attached hydrogen (secondary N) is 4. The van der Waals surface area contributed by atoms with Crippen molar-refractivity contribution in [1.29, 1.82) is 0 Å². The summed E-state index contributed by atoms with van der Waals surface area (Å²) in [7, 11) is 0. The van der Waals surface area contributed by atoms with Crippen LogP contribution in [0.1, 0.15) is 38.7 Å². The summed E-state index contributed by atoms with van der Waals surface area (Å²) in [5.74, 6) is -5.27. The second kappa shape index (κ2) is 14.1. The third kappa shape index (κ3) is 8.28. The number of aliphatic carboxylic acids is 2. The van der Waals surface area contributed by atoms with Crippen molar-refractivity contribution in [1.82, 2.24) is 20.9 Å². The van der Waals surface area contributed by atoms with Gasteiger partial charge in [-0.2, -0.15) is 0 Å². The average molecular weight is 534 g/mol. The molecule has 0 spiro atoms. The summed E-state index contributed by atoms with van der Waals surface area (Å²) in [6.07, 6.45) is 1.59. The van der Waals surface area contributed by atoms with Gasteiger partial charge in [0.15, 0.2) is 0 Å². The topological polar surface area (TPSA) is 224 Å². The molecule has 38 heavy (non-hydrogen) atoms. The highest BCUT2D eigenvalue weighted by Gasteiger charge is 2.33. The van der Waals surface area contributed by atoms with E-state index in [-0.39, 0.29) is 19.3 Å². The standard InChI is InChI=1S/C25H35N5O8/c1-3-13(2)21(30-23(35)19(12-31)29-22(34)16(26)8-9-20(32)33)24(36)28-18(25(37)38)10-14-11-27-17-7-5-4-6-15(14)17/h4-7,11,13,16,18-19,21,27,31H,3,8-10,12,26H2,1-2H3,(H,28,36)(H,29,34)(H,30,35)(H,32,33)(H,37,38). The monoisotopic (exact) mass is 533 g/mol. The van der Waals surface area contributed by atoms with E-state index in [1.54, 1.807) is 20.0 Å². The third-order valence-corrected chi connectivity index (χ3v) is 6.33. The van der Waals surface area contributed by atoms with Crippen LogP contribution in [0.15, 0.2) is 30.5 Å². The zero-order chi connectivity index (χ0) is 28.4. The van der Waals surface area contributed by atoms with E-state index in [0.717, 1.165) is 10.9 Å². The molecule has 0 saturated heterocycles. The van der Waals surface area contributed by atoms with Crippen LogP contribution in [-0.4, -0.2) is 80.7 Å². The van der Waals surface area contributed by atoms with Gasteiger partial charge in [-0.25, -0.2) is 4.79 Å². The Labute approximate surface area is 219 Å². The number of para-hydroxylation sites is 1. The fourth-order valence-corrected chi connectivity index (χ4v) is 3.82. The maximum absolute atomic E-state index is 13.2. The largest absolute Gasteiger partial charge is 0.481 e. The second-order valence-corrected chi connectivity index (χ2v) is 9.12. The third-order valence-electron chi connectivity index (χ3n) is 6.33. The molecule has 0 fully saturated rings. The Morgan fingerprint density at radius 2 is 1.63 bits per heavy atom. The summed E-state index contributed by atoms with van der Waals surface area (Å²) in [6.45, 7) is 2.66. The molecule has 0 aliphatic carbocycles. The van der Waals surface area contributed by atoms with Crippen molar-refractivity contribution in [3.63, 3.8) is 0 Å². The van der Waals surface area contributed by atoms with Gasteiger partial charge in [0.1, 0.15) is 18.1 Å². The van der Waals surface area contributed by atoms with E-state index >= 15 is 0 Å². The van der Waals surface area contributed by atoms with Gasteiger partial charge >= 0.3 is 11.9 Å². The van der Waals surface area contributed by atoms with Gasteiger partial charge in [0, 0.05) is 29.9 Å². The number of hydrogen-bond acceptors (Lipinski definition) is 7. The molecule has 9 N–H and O–H groups in total. The molecule has 3 amide bonds. The van der Waals surface area contributed by atoms with E-state index < -0.39 is 66.4 Å². The number of hydrogen-bond donors (Lipinski definition) is 8. The predicted molar refractivity (Wildman–Crippen MR) is 137 cm³/mol. The highest BCUT2D eigenvalue weighted by Crippen LogP contribution is 2.19. The molecule has 2 rings (SSSR count). The van der Waals surface area contributed by atoms with Crippen LogP contribution in [0.5, 0.6) is 0 Å². The molecule has 0 aliphatic rings. The number of rotatable bonds is 15. The van der Waals surface area contributed by atoms with Crippen LogP contribution in [0.3, 0.4) is 0 Å². The van der Waals surface area contributed by atoms with Crippen molar-refractivity contribution in [3.8, 4) is 0 Å². The number of carboxylic acid groups (broad SMARTS) is 2. The zero-order valence-corrected chi connectivity index (χ0v) is 21.3. The van der Waals surface area contributed by atoms with Gasteiger partial charge in [-0.15, -0.1) is 0 Å². The number of nitrogens with two attached hydrogens (primary N) is 1. The molecule has 2 aromatic rings. The van der Waals surface area contributed by atoms with Crippen molar-refractivity contribution in [2.75, 3.05) is 6.61 Å². The Hall–Kier alpha value is -3.97. The maximum atomic E-state index is 13.2. The number of aliphatic hydroxyl groups excluding tert-OH is 1. The number of carbonyl (C=O) groups is 5. The fraction of sp³-hybridized carbons (Fsp3) is 0.480. The highest BCUT2D eigenvalue weighted by molar-refractivity contribution is 5.94. The molecule has 208 valence electrons. The van der Waals surface area contributed by atoms with Crippen molar-refractivity contribution in [2.24, 2.45) is 11.7 Å². The Morgan fingerprint density at radius 1 is 0.974 bits per heavy atom. The van der Waals surface area contributed by atoms with E-state index in [1.165, 1.54) is 0 Å². The number of benzene rings is 1. The zero-order valence-electron chi connectivity index (χ0n) is 21.3. The molecule has 0 saturated carbocycles. The molecule has 1 heterocycles. The van der Waals surface area contributed by atoms with Crippen LogP contribution in [0.2, 0.25) is 0 Å². The molecule has 13 nitrogen and oxygen atoms in total. The molecule has 0 radical (unpaired) electrons. The number of carboxylic acids is 2. The van der Waals surface area contributed by atoms with Crippen LogP contribution >= 0.6 is 0 Å². The van der Waals surface area contributed by atoms with Crippen molar-refractivity contribution >= 4 is 40.6 Å². The van der Waals surface area contributed by atoms with Gasteiger partial charge in [0.05, 0.1) is 12.6 Å². The van der Waals surface area contributed by atoms with Gasteiger partial charge in [-0.05, 0) is 24.0 Å². The lowest BCUT2D eigenvalue weighted by molar-refractivity contribution is -0.142. The van der Waals surface area contributed by atoms with Crippen LogP contribution < -0.4 is 21.7 Å². The number of H-pyrrole nitrogens is 1. The minimum atomic E-state index is -1.46. The van der Waals surface area contributed by atoms with E-state index in [1.807, 2.05) is 24.3 Å². The lowest BCUT2D eigenvalue weighted by atomic mass is 9.97. The van der Waals surface area contributed by atoms with Gasteiger partial charge in [0.25, 0.3) is 0 Å². The van der Waals surface area contributed by atoms with Crippen molar-refractivity contribution < 1.29 is 39.3 Å². The summed E-state index contributed by atoms with van der Waals surface area (Å²) in [5.41, 5.74) is 7.17. The molecular formula is C25H35N5O8. The molecular weight excluding hydrogens is 498 g/mol. The number of aromatic amines is 1. The van der Waals surface area contributed by atoms with E-state index in [2.05, 4.69) is 20.9 Å². The fourth-order valence-electron chi connectivity index (χ4n) is 3.82. The summed E-state index contributed by atoms with van der Waals surface area (Å²) in [4.78, 5) is 63.9. The van der Waals surface area contributed by atoms with Crippen LogP contribution in [-0.2, 0) is 30.4 Å².